The van der Waals surface area contributed by atoms with Crippen molar-refractivity contribution in [2.24, 2.45) is 0 Å². The number of aliphatic hydroxyl groups is 1. The van der Waals surface area contributed by atoms with Crippen molar-refractivity contribution in [2.75, 3.05) is 6.61 Å². The average Bonchev–Trinajstić information content (AvgIpc) is 2.59. The Labute approximate surface area is 138 Å². The van der Waals surface area contributed by atoms with Crippen LogP contribution in [0.4, 0.5) is 0 Å². The van der Waals surface area contributed by atoms with Crippen molar-refractivity contribution in [3.05, 3.63) is 64.7 Å². The Morgan fingerprint density at radius 1 is 1.17 bits per heavy atom. The first-order chi connectivity index (χ1) is 11.2. The molecule has 1 aliphatic heterocycles. The third kappa shape index (κ3) is 3.57. The summed E-state index contributed by atoms with van der Waals surface area (Å²) < 4.78 is 5.67. The van der Waals surface area contributed by atoms with Crippen molar-refractivity contribution in [1.82, 2.24) is 5.32 Å². The maximum atomic E-state index is 9.36. The molecule has 0 bridgehead atoms. The second-order valence-corrected chi connectivity index (χ2v) is 6.31. The van der Waals surface area contributed by atoms with E-state index in [0.29, 0.717) is 6.04 Å². The molecule has 0 radical (unpaired) electrons. The van der Waals surface area contributed by atoms with E-state index in [0.717, 1.165) is 30.8 Å². The number of aliphatic hydroxyl groups excluding tert-OH is 1. The van der Waals surface area contributed by atoms with Crippen LogP contribution in [0.3, 0.4) is 0 Å². The number of ether oxygens (including phenoxy) is 1. The fraction of sp³-hybridized carbons (Fsp3) is 0.400. The van der Waals surface area contributed by atoms with Gasteiger partial charge in [-0.25, -0.2) is 0 Å². The van der Waals surface area contributed by atoms with E-state index in [1.54, 1.807) is 0 Å². The van der Waals surface area contributed by atoms with Crippen LogP contribution in [0.25, 0.3) is 0 Å². The van der Waals surface area contributed by atoms with Crippen molar-refractivity contribution < 1.29 is 9.84 Å². The predicted octanol–water partition coefficient (Wildman–Crippen LogP) is 3.59. The van der Waals surface area contributed by atoms with Crippen LogP contribution < -0.4 is 10.1 Å². The molecule has 2 aromatic rings. The highest BCUT2D eigenvalue weighted by molar-refractivity contribution is 5.43. The van der Waals surface area contributed by atoms with Gasteiger partial charge in [-0.2, -0.15) is 0 Å². The molecule has 0 saturated heterocycles. The third-order valence-corrected chi connectivity index (χ3v) is 4.36. The molecule has 3 rings (SSSR count). The normalized spacial score (nSPS) is 20.1. The molecule has 2 aromatic carbocycles. The number of nitrogens with one attached hydrogen (secondary N) is 1. The predicted molar refractivity (Wildman–Crippen MR) is 92.7 cm³/mol. The van der Waals surface area contributed by atoms with Crippen LogP contribution in [-0.4, -0.2) is 17.8 Å². The van der Waals surface area contributed by atoms with Crippen LogP contribution in [0.15, 0.2) is 42.5 Å². The topological polar surface area (TPSA) is 41.5 Å². The molecule has 1 aliphatic rings. The molecular formula is C20H25NO2. The van der Waals surface area contributed by atoms with Crippen LogP contribution in [0, 0.1) is 0 Å². The van der Waals surface area contributed by atoms with E-state index in [1.807, 2.05) is 18.2 Å². The van der Waals surface area contributed by atoms with Gasteiger partial charge in [-0.1, -0.05) is 37.3 Å². The lowest BCUT2D eigenvalue weighted by Crippen LogP contribution is -2.37. The summed E-state index contributed by atoms with van der Waals surface area (Å²) in [6.07, 6.45) is 2.02. The Morgan fingerprint density at radius 2 is 1.96 bits per heavy atom. The molecule has 2 atom stereocenters. The lowest BCUT2D eigenvalue weighted by molar-refractivity contribution is 0.281. The maximum absolute atomic E-state index is 9.36. The number of benzene rings is 2. The van der Waals surface area contributed by atoms with E-state index in [1.165, 1.54) is 16.7 Å². The second kappa shape index (κ2) is 7.16. The number of hydrogen-bond donors (Lipinski definition) is 2. The van der Waals surface area contributed by atoms with Gasteiger partial charge in [0.05, 0.1) is 19.3 Å². The van der Waals surface area contributed by atoms with Crippen molar-refractivity contribution in [1.29, 1.82) is 0 Å². The monoisotopic (exact) mass is 311 g/mol. The van der Waals surface area contributed by atoms with Crippen LogP contribution in [0.2, 0.25) is 0 Å². The molecule has 0 amide bonds. The molecule has 0 spiro atoms. The van der Waals surface area contributed by atoms with Crippen LogP contribution in [-0.2, 0) is 13.0 Å². The Morgan fingerprint density at radius 3 is 2.65 bits per heavy atom. The number of fused-ring (bicyclic) bond motifs is 1. The van der Waals surface area contributed by atoms with E-state index >= 15 is 0 Å². The second-order valence-electron chi connectivity index (χ2n) is 6.31. The highest BCUT2D eigenvalue weighted by Crippen LogP contribution is 2.32. The molecule has 0 fully saturated rings. The van der Waals surface area contributed by atoms with E-state index < -0.39 is 0 Å². The highest BCUT2D eigenvalue weighted by atomic mass is 16.5. The molecule has 23 heavy (non-hydrogen) atoms. The molecule has 0 unspecified atom stereocenters. The van der Waals surface area contributed by atoms with Gasteiger partial charge in [0.1, 0.15) is 5.75 Å². The van der Waals surface area contributed by atoms with Gasteiger partial charge in [-0.05, 0) is 54.2 Å². The molecule has 0 saturated carbocycles. The Bertz CT molecular complexity index is 651. The van der Waals surface area contributed by atoms with Crippen molar-refractivity contribution >= 4 is 0 Å². The van der Waals surface area contributed by atoms with Gasteiger partial charge >= 0.3 is 0 Å². The molecule has 1 heterocycles. The minimum absolute atomic E-state index is 0.100. The van der Waals surface area contributed by atoms with Gasteiger partial charge in [0.25, 0.3) is 0 Å². The zero-order chi connectivity index (χ0) is 16.2. The first kappa shape index (κ1) is 16.0. The molecule has 0 aromatic heterocycles. The zero-order valence-electron chi connectivity index (χ0n) is 13.9. The summed E-state index contributed by atoms with van der Waals surface area (Å²) in [7, 11) is 0. The summed E-state index contributed by atoms with van der Waals surface area (Å²) in [4.78, 5) is 0. The van der Waals surface area contributed by atoms with Gasteiger partial charge in [0, 0.05) is 6.04 Å². The molecule has 122 valence electrons. The van der Waals surface area contributed by atoms with Crippen LogP contribution in [0.1, 0.15) is 48.6 Å². The summed E-state index contributed by atoms with van der Waals surface area (Å²) in [5.74, 6) is 0.926. The third-order valence-electron chi connectivity index (χ3n) is 4.36. The SMILES string of the molecule is CCCOc1ccc([C@@H]2N[C@@H](C)Cc3cc(CO)ccc32)cc1. The largest absolute Gasteiger partial charge is 0.494 e. The zero-order valence-corrected chi connectivity index (χ0v) is 13.9. The average molecular weight is 311 g/mol. The highest BCUT2D eigenvalue weighted by Gasteiger charge is 2.25. The minimum atomic E-state index is 0.100. The van der Waals surface area contributed by atoms with Gasteiger partial charge in [0.15, 0.2) is 0 Å². The fourth-order valence-corrected chi connectivity index (χ4v) is 3.23. The van der Waals surface area contributed by atoms with Crippen molar-refractivity contribution in [2.45, 2.75) is 45.4 Å². The van der Waals surface area contributed by atoms with E-state index in [9.17, 15) is 5.11 Å². The molecular weight excluding hydrogens is 286 g/mol. The van der Waals surface area contributed by atoms with Crippen molar-refractivity contribution in [3.8, 4) is 5.75 Å². The van der Waals surface area contributed by atoms with Crippen LogP contribution in [0.5, 0.6) is 5.75 Å². The molecule has 2 N–H and O–H groups in total. The lowest BCUT2D eigenvalue weighted by Gasteiger charge is -2.32. The maximum Gasteiger partial charge on any atom is 0.119 e. The molecule has 3 nitrogen and oxygen atoms in total. The van der Waals surface area contributed by atoms with Gasteiger partial charge in [0.2, 0.25) is 0 Å². The Hall–Kier alpha value is -1.84. The first-order valence-electron chi connectivity index (χ1n) is 8.42. The Kier molecular flexibility index (Phi) is 4.99. The summed E-state index contributed by atoms with van der Waals surface area (Å²) in [6.45, 7) is 5.17. The molecule has 0 aliphatic carbocycles. The van der Waals surface area contributed by atoms with E-state index in [2.05, 4.69) is 43.4 Å². The minimum Gasteiger partial charge on any atom is -0.494 e. The number of hydrogen-bond acceptors (Lipinski definition) is 3. The van der Waals surface area contributed by atoms with Crippen LogP contribution >= 0.6 is 0 Å². The Balaban J connectivity index is 1.88. The van der Waals surface area contributed by atoms with Gasteiger partial charge < -0.3 is 15.2 Å². The summed E-state index contributed by atoms with van der Waals surface area (Å²) in [5.41, 5.74) is 4.87. The number of rotatable bonds is 5. The van der Waals surface area contributed by atoms with Crippen molar-refractivity contribution in [3.63, 3.8) is 0 Å². The van der Waals surface area contributed by atoms with E-state index in [4.69, 9.17) is 4.74 Å². The summed E-state index contributed by atoms with van der Waals surface area (Å²) in [5, 5.41) is 13.0. The van der Waals surface area contributed by atoms with Gasteiger partial charge in [-0.15, -0.1) is 0 Å². The summed E-state index contributed by atoms with van der Waals surface area (Å²) >= 11 is 0. The molecule has 3 heteroatoms. The standard InChI is InChI=1S/C20H25NO2/c1-3-10-23-18-7-5-16(6-8-18)20-19-9-4-15(13-22)12-17(19)11-14(2)21-20/h4-9,12,14,20-22H,3,10-11,13H2,1-2H3/t14-,20-/m0/s1. The first-order valence-corrected chi connectivity index (χ1v) is 8.42. The van der Waals surface area contributed by atoms with Gasteiger partial charge in [-0.3, -0.25) is 0 Å². The summed E-state index contributed by atoms with van der Waals surface area (Å²) in [6, 6.07) is 15.3. The smallest absolute Gasteiger partial charge is 0.119 e. The lowest BCUT2D eigenvalue weighted by atomic mass is 9.86. The fourth-order valence-electron chi connectivity index (χ4n) is 3.23. The quantitative estimate of drug-likeness (QED) is 0.886. The van der Waals surface area contributed by atoms with E-state index in [-0.39, 0.29) is 12.6 Å².